The lowest BCUT2D eigenvalue weighted by Crippen LogP contribution is -2.28. The maximum absolute atomic E-state index is 12.9. The molecule has 1 amide bonds. The third-order valence-electron chi connectivity index (χ3n) is 5.85. The lowest BCUT2D eigenvalue weighted by molar-refractivity contribution is -0.117. The van der Waals surface area contributed by atoms with Crippen LogP contribution in [0.2, 0.25) is 0 Å². The Morgan fingerprint density at radius 3 is 2.94 bits per heavy atom. The van der Waals surface area contributed by atoms with Crippen molar-refractivity contribution in [3.05, 3.63) is 45.5 Å². The van der Waals surface area contributed by atoms with E-state index in [1.165, 1.54) is 33.0 Å². The Kier molecular flexibility index (Phi) is 5.09. The SMILES string of the molecule is COc1ccc(OC)c(NC(=O)Cn2nc3c4c5c(sc4ncn3c2=O)CC(C)CC5)c1. The monoisotopic (exact) mass is 453 g/mol. The van der Waals surface area contributed by atoms with Crippen LogP contribution in [0.3, 0.4) is 0 Å². The van der Waals surface area contributed by atoms with Gasteiger partial charge in [0, 0.05) is 10.9 Å². The van der Waals surface area contributed by atoms with E-state index < -0.39 is 11.6 Å². The third kappa shape index (κ3) is 3.40. The van der Waals surface area contributed by atoms with E-state index >= 15 is 0 Å². The molecule has 0 spiro atoms. The number of hydrogen-bond acceptors (Lipinski definition) is 7. The van der Waals surface area contributed by atoms with E-state index in [2.05, 4.69) is 22.3 Å². The average Bonchev–Trinajstić information content (AvgIpc) is 3.30. The number of rotatable bonds is 5. The number of nitrogens with zero attached hydrogens (tertiary/aromatic N) is 4. The van der Waals surface area contributed by atoms with Gasteiger partial charge in [0.25, 0.3) is 0 Å². The summed E-state index contributed by atoms with van der Waals surface area (Å²) in [7, 11) is 3.06. The Labute approximate surface area is 187 Å². The molecule has 5 rings (SSSR count). The molecule has 1 aliphatic carbocycles. The molecule has 1 N–H and O–H groups in total. The number of carbonyl (C=O) groups is 1. The average molecular weight is 454 g/mol. The Balaban J connectivity index is 1.49. The number of amides is 1. The zero-order valence-corrected chi connectivity index (χ0v) is 18.9. The fraction of sp³-hybridized carbons (Fsp3) is 0.364. The van der Waals surface area contributed by atoms with Gasteiger partial charge in [0.15, 0.2) is 5.65 Å². The van der Waals surface area contributed by atoms with Crippen molar-refractivity contribution in [1.29, 1.82) is 0 Å². The Hall–Kier alpha value is -3.40. The zero-order valence-electron chi connectivity index (χ0n) is 18.0. The fourth-order valence-corrected chi connectivity index (χ4v) is 5.55. The highest BCUT2D eigenvalue weighted by molar-refractivity contribution is 7.19. The highest BCUT2D eigenvalue weighted by Gasteiger charge is 2.24. The molecule has 0 bridgehead atoms. The largest absolute Gasteiger partial charge is 0.497 e. The standard InChI is InChI=1S/C22H23N5O4S/c1-12-4-6-14-17(8-12)32-21-19(14)20-25-27(22(29)26(20)11-23-21)10-18(28)24-15-9-13(30-2)5-7-16(15)31-3/h5,7,9,11-12H,4,6,8,10H2,1-3H3,(H,24,28). The van der Waals surface area contributed by atoms with Gasteiger partial charge in [0.1, 0.15) is 29.2 Å². The molecule has 3 heterocycles. The zero-order chi connectivity index (χ0) is 22.4. The van der Waals surface area contributed by atoms with Gasteiger partial charge < -0.3 is 14.8 Å². The van der Waals surface area contributed by atoms with Gasteiger partial charge in [-0.3, -0.25) is 4.79 Å². The first kappa shape index (κ1) is 20.5. The van der Waals surface area contributed by atoms with E-state index in [1.807, 2.05) is 0 Å². The summed E-state index contributed by atoms with van der Waals surface area (Å²) in [6, 6.07) is 5.10. The van der Waals surface area contributed by atoms with Crippen LogP contribution in [0.15, 0.2) is 29.3 Å². The van der Waals surface area contributed by atoms with E-state index in [4.69, 9.17) is 9.47 Å². The molecule has 10 heteroatoms. The van der Waals surface area contributed by atoms with Gasteiger partial charge in [-0.2, -0.15) is 0 Å². The molecule has 1 atom stereocenters. The maximum Gasteiger partial charge on any atom is 0.352 e. The number of fused-ring (bicyclic) bond motifs is 5. The van der Waals surface area contributed by atoms with Crippen LogP contribution in [0.1, 0.15) is 23.8 Å². The third-order valence-corrected chi connectivity index (χ3v) is 7.01. The molecular weight excluding hydrogens is 430 g/mol. The molecule has 0 fully saturated rings. The van der Waals surface area contributed by atoms with Crippen molar-refractivity contribution in [3.63, 3.8) is 0 Å². The molecule has 166 valence electrons. The minimum absolute atomic E-state index is 0.230. The Morgan fingerprint density at radius 1 is 1.31 bits per heavy atom. The number of ether oxygens (including phenoxy) is 2. The minimum atomic E-state index is -0.397. The van der Waals surface area contributed by atoms with E-state index in [0.717, 1.165) is 29.5 Å². The van der Waals surface area contributed by atoms with E-state index in [9.17, 15) is 9.59 Å². The van der Waals surface area contributed by atoms with E-state index in [-0.39, 0.29) is 6.54 Å². The second kappa shape index (κ2) is 7.94. The predicted molar refractivity (Wildman–Crippen MR) is 122 cm³/mol. The fourth-order valence-electron chi connectivity index (χ4n) is 4.20. The van der Waals surface area contributed by atoms with Gasteiger partial charge in [0.2, 0.25) is 5.91 Å². The number of nitrogens with one attached hydrogen (secondary N) is 1. The van der Waals surface area contributed by atoms with E-state index in [0.29, 0.717) is 28.8 Å². The summed E-state index contributed by atoms with van der Waals surface area (Å²) < 4.78 is 13.1. The van der Waals surface area contributed by atoms with Gasteiger partial charge in [-0.15, -0.1) is 16.4 Å². The molecule has 1 aliphatic rings. The van der Waals surface area contributed by atoms with Crippen molar-refractivity contribution in [1.82, 2.24) is 19.2 Å². The number of aromatic nitrogens is 4. The number of aryl methyl sites for hydroxylation is 1. The molecule has 0 saturated carbocycles. The van der Waals surface area contributed by atoms with E-state index in [1.54, 1.807) is 36.6 Å². The lowest BCUT2D eigenvalue weighted by atomic mass is 9.89. The molecular formula is C22H23N5O4S. The number of benzene rings is 1. The first-order chi connectivity index (χ1) is 15.5. The van der Waals surface area contributed by atoms with Crippen molar-refractivity contribution < 1.29 is 14.3 Å². The highest BCUT2D eigenvalue weighted by Crippen LogP contribution is 2.38. The van der Waals surface area contributed by atoms with Crippen LogP contribution in [0, 0.1) is 5.92 Å². The van der Waals surface area contributed by atoms with Gasteiger partial charge in [-0.25, -0.2) is 18.9 Å². The number of anilines is 1. The minimum Gasteiger partial charge on any atom is -0.497 e. The van der Waals surface area contributed by atoms with Crippen LogP contribution in [0.25, 0.3) is 15.9 Å². The summed E-state index contributed by atoms with van der Waals surface area (Å²) in [5.74, 6) is 1.32. The first-order valence-corrected chi connectivity index (χ1v) is 11.2. The summed E-state index contributed by atoms with van der Waals surface area (Å²) >= 11 is 1.68. The summed E-state index contributed by atoms with van der Waals surface area (Å²) in [6.07, 6.45) is 4.58. The lowest BCUT2D eigenvalue weighted by Gasteiger charge is -2.17. The van der Waals surface area contributed by atoms with Crippen LogP contribution >= 0.6 is 11.3 Å². The maximum atomic E-state index is 12.9. The van der Waals surface area contributed by atoms with Gasteiger partial charge >= 0.3 is 5.69 Å². The highest BCUT2D eigenvalue weighted by atomic mass is 32.1. The number of methoxy groups -OCH3 is 2. The van der Waals surface area contributed by atoms with Gasteiger partial charge in [-0.1, -0.05) is 6.92 Å². The predicted octanol–water partition coefficient (Wildman–Crippen LogP) is 2.89. The van der Waals surface area contributed by atoms with Gasteiger partial charge in [0.05, 0.1) is 25.3 Å². The van der Waals surface area contributed by atoms with Crippen molar-refractivity contribution in [2.75, 3.05) is 19.5 Å². The van der Waals surface area contributed by atoms with Gasteiger partial charge in [-0.05, 0) is 42.9 Å². The molecule has 4 aromatic rings. The summed E-state index contributed by atoms with van der Waals surface area (Å²) in [5, 5.41) is 8.23. The molecule has 1 unspecified atom stereocenters. The van der Waals surface area contributed by atoms with Crippen LogP contribution < -0.4 is 20.5 Å². The Bertz CT molecular complexity index is 1400. The normalized spacial score (nSPS) is 15.7. The molecule has 0 radical (unpaired) electrons. The quantitative estimate of drug-likeness (QED) is 0.499. The number of carbonyl (C=O) groups excluding carboxylic acids is 1. The van der Waals surface area contributed by atoms with Crippen LogP contribution in [0.5, 0.6) is 11.5 Å². The molecule has 1 aromatic carbocycles. The van der Waals surface area contributed by atoms with Crippen LogP contribution in [0.4, 0.5) is 5.69 Å². The summed E-state index contributed by atoms with van der Waals surface area (Å²) in [5.41, 5.74) is 1.85. The summed E-state index contributed by atoms with van der Waals surface area (Å²) in [6.45, 7) is 2.03. The van der Waals surface area contributed by atoms with Crippen LogP contribution in [-0.2, 0) is 24.2 Å². The molecule has 0 saturated heterocycles. The van der Waals surface area contributed by atoms with Crippen molar-refractivity contribution in [2.45, 2.75) is 32.7 Å². The molecule has 0 aliphatic heterocycles. The number of hydrogen-bond donors (Lipinski definition) is 1. The second-order valence-corrected chi connectivity index (χ2v) is 9.11. The van der Waals surface area contributed by atoms with Crippen molar-refractivity contribution in [2.24, 2.45) is 5.92 Å². The van der Waals surface area contributed by atoms with Crippen molar-refractivity contribution >= 4 is 38.8 Å². The van der Waals surface area contributed by atoms with Crippen molar-refractivity contribution in [3.8, 4) is 11.5 Å². The number of thiophene rings is 1. The smallest absolute Gasteiger partial charge is 0.352 e. The molecule has 9 nitrogen and oxygen atoms in total. The topological polar surface area (TPSA) is 99.8 Å². The summed E-state index contributed by atoms with van der Waals surface area (Å²) in [4.78, 5) is 32.4. The Morgan fingerprint density at radius 2 is 2.16 bits per heavy atom. The van der Waals surface area contributed by atoms with Crippen LogP contribution in [-0.4, -0.2) is 39.3 Å². The second-order valence-electron chi connectivity index (χ2n) is 8.02. The molecule has 3 aromatic heterocycles. The molecule has 32 heavy (non-hydrogen) atoms. The first-order valence-electron chi connectivity index (χ1n) is 10.4.